The molecule has 0 aliphatic carbocycles. The van der Waals surface area contributed by atoms with Gasteiger partial charge in [-0.15, -0.1) is 22.7 Å². The van der Waals surface area contributed by atoms with Crippen molar-refractivity contribution in [1.29, 1.82) is 0 Å². The molecule has 0 radical (unpaired) electrons. The zero-order chi connectivity index (χ0) is 14.7. The molecule has 1 fully saturated rings. The first kappa shape index (κ1) is 15.1. The van der Waals surface area contributed by atoms with Gasteiger partial charge in [0.25, 0.3) is 0 Å². The van der Waals surface area contributed by atoms with Crippen LogP contribution in [-0.2, 0) is 11.2 Å². The van der Waals surface area contributed by atoms with E-state index in [-0.39, 0.29) is 5.91 Å². The van der Waals surface area contributed by atoms with E-state index in [0.717, 1.165) is 52.7 Å². The third-order valence-corrected chi connectivity index (χ3v) is 6.11. The molecule has 0 unspecified atom stereocenters. The van der Waals surface area contributed by atoms with Crippen LogP contribution in [0.1, 0.15) is 12.1 Å². The number of nitrogens with zero attached hydrogens (tertiary/aromatic N) is 2. The second-order valence-electron chi connectivity index (χ2n) is 4.93. The predicted molar refractivity (Wildman–Crippen MR) is 90.9 cm³/mol. The molecule has 1 aliphatic rings. The van der Waals surface area contributed by atoms with Crippen LogP contribution >= 0.6 is 38.6 Å². The van der Waals surface area contributed by atoms with E-state index in [1.807, 2.05) is 15.7 Å². The van der Waals surface area contributed by atoms with E-state index in [9.17, 15) is 4.79 Å². The van der Waals surface area contributed by atoms with Crippen molar-refractivity contribution < 1.29 is 4.79 Å². The molecule has 1 N–H and O–H groups in total. The van der Waals surface area contributed by atoms with Crippen molar-refractivity contribution in [3.63, 3.8) is 0 Å². The molecular weight excluding hydrogens is 370 g/mol. The number of thiophene rings is 1. The van der Waals surface area contributed by atoms with Crippen LogP contribution in [0.2, 0.25) is 0 Å². The zero-order valence-corrected chi connectivity index (χ0v) is 14.7. The molecule has 0 aromatic carbocycles. The fourth-order valence-electron chi connectivity index (χ4n) is 2.29. The summed E-state index contributed by atoms with van der Waals surface area (Å²) in [6.45, 7) is 3.53. The van der Waals surface area contributed by atoms with Gasteiger partial charge in [0.1, 0.15) is 5.01 Å². The molecule has 0 atom stereocenters. The summed E-state index contributed by atoms with van der Waals surface area (Å²) in [6, 6.07) is 2.07. The molecule has 0 bridgehead atoms. The number of carbonyl (C=O) groups is 1. The molecule has 7 heteroatoms. The van der Waals surface area contributed by atoms with E-state index < -0.39 is 0 Å². The van der Waals surface area contributed by atoms with Gasteiger partial charge in [-0.1, -0.05) is 0 Å². The number of aromatic nitrogens is 1. The Bertz CT molecular complexity index is 617. The molecule has 2 aromatic rings. The molecular formula is C14H16BrN3OS2. The lowest BCUT2D eigenvalue weighted by molar-refractivity contribution is -0.130. The number of nitrogens with one attached hydrogen (secondary N) is 1. The van der Waals surface area contributed by atoms with Gasteiger partial charge in [0.05, 0.1) is 17.0 Å². The first-order chi connectivity index (χ1) is 10.2. The number of halogens is 1. The van der Waals surface area contributed by atoms with Crippen LogP contribution in [0.3, 0.4) is 0 Å². The highest BCUT2D eigenvalue weighted by molar-refractivity contribution is 9.10. The number of amides is 1. The number of hydrogen-bond donors (Lipinski definition) is 1. The molecule has 0 saturated carbocycles. The topological polar surface area (TPSA) is 45.2 Å². The van der Waals surface area contributed by atoms with E-state index in [4.69, 9.17) is 0 Å². The van der Waals surface area contributed by atoms with E-state index in [2.05, 4.69) is 32.3 Å². The van der Waals surface area contributed by atoms with Crippen LogP contribution in [-0.4, -0.2) is 42.0 Å². The van der Waals surface area contributed by atoms with Crippen molar-refractivity contribution in [2.45, 2.75) is 12.8 Å². The standard InChI is InChI=1S/C14H16BrN3OS2/c15-10-6-12(20-8-10)14-17-11(9-21-14)7-13(19)18-4-1-2-16-3-5-18/h6,8-9,16H,1-5,7H2. The maximum Gasteiger partial charge on any atom is 0.228 e. The molecule has 0 spiro atoms. The van der Waals surface area contributed by atoms with Crippen LogP contribution in [0.5, 0.6) is 0 Å². The lowest BCUT2D eigenvalue weighted by atomic mass is 10.3. The summed E-state index contributed by atoms with van der Waals surface area (Å²) in [4.78, 5) is 20.0. The fourth-order valence-corrected chi connectivity index (χ4v) is 4.62. The van der Waals surface area contributed by atoms with Crippen LogP contribution < -0.4 is 5.32 Å². The molecule has 3 rings (SSSR count). The second-order valence-corrected chi connectivity index (χ2v) is 7.62. The van der Waals surface area contributed by atoms with Gasteiger partial charge in [-0.25, -0.2) is 4.98 Å². The summed E-state index contributed by atoms with van der Waals surface area (Å²) in [5.74, 6) is 0.183. The summed E-state index contributed by atoms with van der Waals surface area (Å²) >= 11 is 6.72. The Morgan fingerprint density at radius 1 is 1.33 bits per heavy atom. The van der Waals surface area contributed by atoms with Gasteiger partial charge < -0.3 is 10.2 Å². The number of carbonyl (C=O) groups excluding carboxylic acids is 1. The van der Waals surface area contributed by atoms with Crippen molar-refractivity contribution in [2.75, 3.05) is 26.2 Å². The van der Waals surface area contributed by atoms with Crippen molar-refractivity contribution in [3.8, 4) is 9.88 Å². The number of hydrogen-bond acceptors (Lipinski definition) is 5. The van der Waals surface area contributed by atoms with Crippen molar-refractivity contribution in [3.05, 3.63) is 27.0 Å². The van der Waals surface area contributed by atoms with E-state index in [1.54, 1.807) is 22.7 Å². The van der Waals surface area contributed by atoms with Crippen molar-refractivity contribution in [2.24, 2.45) is 0 Å². The van der Waals surface area contributed by atoms with Gasteiger partial charge in [-0.3, -0.25) is 4.79 Å². The molecule has 21 heavy (non-hydrogen) atoms. The maximum absolute atomic E-state index is 12.3. The van der Waals surface area contributed by atoms with Gasteiger partial charge in [0, 0.05) is 34.9 Å². The van der Waals surface area contributed by atoms with Gasteiger partial charge >= 0.3 is 0 Å². The molecule has 1 saturated heterocycles. The first-order valence-corrected chi connectivity index (χ1v) is 9.45. The predicted octanol–water partition coefficient (Wildman–Crippen LogP) is 3.00. The number of rotatable bonds is 3. The number of thiazole rings is 1. The average Bonchev–Trinajstić information content (AvgIpc) is 3.00. The minimum absolute atomic E-state index is 0.183. The largest absolute Gasteiger partial charge is 0.341 e. The third-order valence-electron chi connectivity index (χ3n) is 3.36. The van der Waals surface area contributed by atoms with E-state index >= 15 is 0 Å². The Morgan fingerprint density at radius 3 is 3.05 bits per heavy atom. The van der Waals surface area contributed by atoms with Crippen molar-refractivity contribution in [1.82, 2.24) is 15.2 Å². The summed E-state index contributed by atoms with van der Waals surface area (Å²) in [5, 5.41) is 8.35. The summed E-state index contributed by atoms with van der Waals surface area (Å²) in [5.41, 5.74) is 0.877. The Hall–Kier alpha value is -0.760. The van der Waals surface area contributed by atoms with Gasteiger partial charge in [0.15, 0.2) is 0 Å². The maximum atomic E-state index is 12.3. The van der Waals surface area contributed by atoms with Crippen LogP contribution in [0, 0.1) is 0 Å². The molecule has 2 aromatic heterocycles. The lowest BCUT2D eigenvalue weighted by Crippen LogP contribution is -2.35. The van der Waals surface area contributed by atoms with E-state index in [0.29, 0.717) is 6.42 Å². The van der Waals surface area contributed by atoms with Gasteiger partial charge in [0.2, 0.25) is 5.91 Å². The molecule has 3 heterocycles. The SMILES string of the molecule is O=C(Cc1csc(-c2cc(Br)cs2)n1)N1CCCNCC1. The third kappa shape index (κ3) is 3.91. The molecule has 1 amide bonds. The fraction of sp³-hybridized carbons (Fsp3) is 0.429. The van der Waals surface area contributed by atoms with E-state index in [1.165, 1.54) is 0 Å². The zero-order valence-electron chi connectivity index (χ0n) is 11.5. The molecule has 112 valence electrons. The highest BCUT2D eigenvalue weighted by atomic mass is 79.9. The van der Waals surface area contributed by atoms with Crippen LogP contribution in [0.25, 0.3) is 9.88 Å². The normalized spacial score (nSPS) is 16.0. The van der Waals surface area contributed by atoms with Gasteiger partial charge in [-0.05, 0) is 35.0 Å². The molecule has 4 nitrogen and oxygen atoms in total. The Balaban J connectivity index is 1.65. The monoisotopic (exact) mass is 385 g/mol. The summed E-state index contributed by atoms with van der Waals surface area (Å²) < 4.78 is 1.08. The lowest BCUT2D eigenvalue weighted by Gasteiger charge is -2.19. The first-order valence-electron chi connectivity index (χ1n) is 6.89. The highest BCUT2D eigenvalue weighted by Crippen LogP contribution is 2.32. The minimum Gasteiger partial charge on any atom is -0.341 e. The highest BCUT2D eigenvalue weighted by Gasteiger charge is 2.17. The van der Waals surface area contributed by atoms with Crippen molar-refractivity contribution >= 4 is 44.5 Å². The smallest absolute Gasteiger partial charge is 0.228 e. The van der Waals surface area contributed by atoms with Crippen LogP contribution in [0.4, 0.5) is 0 Å². The second kappa shape index (κ2) is 7.00. The van der Waals surface area contributed by atoms with Gasteiger partial charge in [-0.2, -0.15) is 0 Å². The minimum atomic E-state index is 0.183. The van der Waals surface area contributed by atoms with Crippen LogP contribution in [0.15, 0.2) is 21.3 Å². The Kier molecular flexibility index (Phi) is 5.05. The Labute approximate surface area is 140 Å². The Morgan fingerprint density at radius 2 is 2.24 bits per heavy atom. The molecule has 1 aliphatic heterocycles. The summed E-state index contributed by atoms with van der Waals surface area (Å²) in [6.07, 6.45) is 1.43. The summed E-state index contributed by atoms with van der Waals surface area (Å²) in [7, 11) is 0. The average molecular weight is 386 g/mol. The quantitative estimate of drug-likeness (QED) is 0.882.